The number of hydrogen-bond acceptors (Lipinski definition) is 2. The monoisotopic (exact) mass is 259 g/mol. The van der Waals surface area contributed by atoms with Gasteiger partial charge in [0.1, 0.15) is 11.5 Å². The number of fused-ring (bicyclic) bond motifs is 1. The summed E-state index contributed by atoms with van der Waals surface area (Å²) in [5.41, 5.74) is -0.0565. The molecule has 2 aromatic rings. The molecule has 0 amide bonds. The third kappa shape index (κ3) is 1.81. The highest BCUT2D eigenvalue weighted by molar-refractivity contribution is 6.39. The SMILES string of the molecule is O=C(O)c1cc(Cl)c2cc(F)cc(Cl)c2n1. The molecule has 3 nitrogen and oxygen atoms in total. The standard InChI is InChI=1S/C10H4Cl2FNO2/c11-6-3-8(10(15)16)14-9-5(6)1-4(13)2-7(9)12/h1-3H,(H,15,16). The molecule has 0 aliphatic rings. The largest absolute Gasteiger partial charge is 0.477 e. The number of nitrogens with zero attached hydrogens (tertiary/aromatic N) is 1. The van der Waals surface area contributed by atoms with Crippen molar-refractivity contribution in [2.24, 2.45) is 0 Å². The van der Waals surface area contributed by atoms with Crippen LogP contribution in [0, 0.1) is 5.82 Å². The van der Waals surface area contributed by atoms with Gasteiger partial charge in [0.2, 0.25) is 0 Å². The molecule has 1 aromatic heterocycles. The molecule has 0 radical (unpaired) electrons. The summed E-state index contributed by atoms with van der Waals surface area (Å²) in [5.74, 6) is -1.77. The molecule has 1 heterocycles. The number of pyridine rings is 1. The van der Waals surface area contributed by atoms with Gasteiger partial charge in [-0.2, -0.15) is 0 Å². The summed E-state index contributed by atoms with van der Waals surface area (Å²) < 4.78 is 13.0. The Kier molecular flexibility index (Phi) is 2.69. The lowest BCUT2D eigenvalue weighted by atomic mass is 10.2. The van der Waals surface area contributed by atoms with Crippen LogP contribution in [0.1, 0.15) is 10.5 Å². The average molecular weight is 260 g/mol. The molecule has 0 spiro atoms. The summed E-state index contributed by atoms with van der Waals surface area (Å²) in [6, 6.07) is 3.36. The Morgan fingerprint density at radius 1 is 1.25 bits per heavy atom. The van der Waals surface area contributed by atoms with E-state index in [-0.39, 0.29) is 26.6 Å². The molecule has 0 atom stereocenters. The Labute approximate surface area is 99.4 Å². The molecular formula is C10H4Cl2FNO2. The smallest absolute Gasteiger partial charge is 0.354 e. The number of rotatable bonds is 1. The van der Waals surface area contributed by atoms with Gasteiger partial charge in [-0.15, -0.1) is 0 Å². The van der Waals surface area contributed by atoms with E-state index in [1.54, 1.807) is 0 Å². The van der Waals surface area contributed by atoms with E-state index in [9.17, 15) is 9.18 Å². The Balaban J connectivity index is 2.87. The quantitative estimate of drug-likeness (QED) is 0.854. The Morgan fingerprint density at radius 2 is 1.94 bits per heavy atom. The molecule has 1 aromatic carbocycles. The summed E-state index contributed by atoms with van der Waals surface area (Å²) >= 11 is 11.6. The van der Waals surface area contributed by atoms with E-state index in [2.05, 4.69) is 4.98 Å². The minimum atomic E-state index is -1.22. The van der Waals surface area contributed by atoms with Gasteiger partial charge in [0, 0.05) is 5.39 Å². The summed E-state index contributed by atoms with van der Waals surface area (Å²) in [6.45, 7) is 0. The number of aromatic nitrogens is 1. The van der Waals surface area contributed by atoms with Gasteiger partial charge in [-0.25, -0.2) is 14.2 Å². The van der Waals surface area contributed by atoms with Crippen LogP contribution in [0.2, 0.25) is 10.0 Å². The van der Waals surface area contributed by atoms with Crippen LogP contribution in [0.15, 0.2) is 18.2 Å². The van der Waals surface area contributed by atoms with E-state index >= 15 is 0 Å². The van der Waals surface area contributed by atoms with Crippen LogP contribution < -0.4 is 0 Å². The van der Waals surface area contributed by atoms with Crippen molar-refractivity contribution >= 4 is 40.1 Å². The first-order chi connectivity index (χ1) is 7.49. The molecule has 6 heteroatoms. The van der Waals surface area contributed by atoms with Crippen LogP contribution in [0.3, 0.4) is 0 Å². The Morgan fingerprint density at radius 3 is 2.56 bits per heavy atom. The zero-order valence-electron chi connectivity index (χ0n) is 7.67. The molecule has 0 aliphatic heterocycles. The molecule has 1 N–H and O–H groups in total. The maximum Gasteiger partial charge on any atom is 0.354 e. The lowest BCUT2D eigenvalue weighted by Crippen LogP contribution is -2.00. The van der Waals surface area contributed by atoms with Crippen LogP contribution in [0.4, 0.5) is 4.39 Å². The highest BCUT2D eigenvalue weighted by Crippen LogP contribution is 2.29. The Bertz CT molecular complexity index is 601. The van der Waals surface area contributed by atoms with Gasteiger partial charge in [0.05, 0.1) is 15.6 Å². The van der Waals surface area contributed by atoms with Gasteiger partial charge >= 0.3 is 5.97 Å². The first kappa shape index (κ1) is 11.1. The van der Waals surface area contributed by atoms with Gasteiger partial charge in [-0.05, 0) is 18.2 Å². The summed E-state index contributed by atoms with van der Waals surface area (Å²) in [5, 5.41) is 9.19. The predicted octanol–water partition coefficient (Wildman–Crippen LogP) is 3.38. The fourth-order valence-electron chi connectivity index (χ4n) is 1.32. The van der Waals surface area contributed by atoms with E-state index < -0.39 is 11.8 Å². The lowest BCUT2D eigenvalue weighted by Gasteiger charge is -2.04. The third-order valence-corrected chi connectivity index (χ3v) is 2.60. The zero-order chi connectivity index (χ0) is 11.9. The molecule has 0 saturated heterocycles. The van der Waals surface area contributed by atoms with Crippen molar-refractivity contribution in [2.45, 2.75) is 0 Å². The zero-order valence-corrected chi connectivity index (χ0v) is 9.18. The number of aromatic carboxylic acids is 1. The maximum absolute atomic E-state index is 13.0. The summed E-state index contributed by atoms with van der Waals surface area (Å²) in [6.07, 6.45) is 0. The molecule has 0 saturated carbocycles. The third-order valence-electron chi connectivity index (χ3n) is 2.00. The first-order valence-electron chi connectivity index (χ1n) is 4.17. The fraction of sp³-hybridized carbons (Fsp3) is 0. The van der Waals surface area contributed by atoms with E-state index in [0.29, 0.717) is 0 Å². The number of hydrogen-bond donors (Lipinski definition) is 1. The molecular weight excluding hydrogens is 256 g/mol. The number of carboxylic acid groups (broad SMARTS) is 1. The normalized spacial score (nSPS) is 10.7. The molecule has 2 rings (SSSR count). The fourth-order valence-corrected chi connectivity index (χ4v) is 1.82. The molecule has 0 unspecified atom stereocenters. The second kappa shape index (κ2) is 3.88. The van der Waals surface area contributed by atoms with Crippen molar-refractivity contribution in [3.8, 4) is 0 Å². The highest BCUT2D eigenvalue weighted by atomic mass is 35.5. The molecule has 0 fully saturated rings. The Hall–Kier alpha value is -1.39. The molecule has 0 bridgehead atoms. The maximum atomic E-state index is 13.0. The van der Waals surface area contributed by atoms with Crippen LogP contribution in [-0.2, 0) is 0 Å². The van der Waals surface area contributed by atoms with E-state index in [0.717, 1.165) is 18.2 Å². The van der Waals surface area contributed by atoms with Crippen molar-refractivity contribution in [1.82, 2.24) is 4.98 Å². The number of carboxylic acids is 1. The number of halogens is 3. The van der Waals surface area contributed by atoms with Crippen LogP contribution in [0.5, 0.6) is 0 Å². The van der Waals surface area contributed by atoms with Gasteiger partial charge in [-0.1, -0.05) is 23.2 Å². The van der Waals surface area contributed by atoms with E-state index in [4.69, 9.17) is 28.3 Å². The van der Waals surface area contributed by atoms with Gasteiger partial charge in [0.25, 0.3) is 0 Å². The molecule has 0 aliphatic carbocycles. The van der Waals surface area contributed by atoms with Gasteiger partial charge in [0.15, 0.2) is 0 Å². The number of carbonyl (C=O) groups is 1. The minimum absolute atomic E-state index is 0.0278. The van der Waals surface area contributed by atoms with Gasteiger partial charge in [-0.3, -0.25) is 0 Å². The topological polar surface area (TPSA) is 50.2 Å². The van der Waals surface area contributed by atoms with E-state index in [1.165, 1.54) is 0 Å². The van der Waals surface area contributed by atoms with Crippen LogP contribution in [-0.4, -0.2) is 16.1 Å². The second-order valence-corrected chi connectivity index (χ2v) is 3.89. The number of benzene rings is 1. The van der Waals surface area contributed by atoms with Crippen molar-refractivity contribution in [2.75, 3.05) is 0 Å². The lowest BCUT2D eigenvalue weighted by molar-refractivity contribution is 0.0691. The second-order valence-electron chi connectivity index (χ2n) is 3.08. The predicted molar refractivity (Wildman–Crippen MR) is 58.7 cm³/mol. The van der Waals surface area contributed by atoms with Crippen LogP contribution >= 0.6 is 23.2 Å². The van der Waals surface area contributed by atoms with Gasteiger partial charge < -0.3 is 5.11 Å². The van der Waals surface area contributed by atoms with Crippen molar-refractivity contribution in [3.63, 3.8) is 0 Å². The van der Waals surface area contributed by atoms with Crippen LogP contribution in [0.25, 0.3) is 10.9 Å². The summed E-state index contributed by atoms with van der Waals surface area (Å²) in [7, 11) is 0. The first-order valence-corrected chi connectivity index (χ1v) is 4.93. The van der Waals surface area contributed by atoms with Crippen molar-refractivity contribution in [1.29, 1.82) is 0 Å². The van der Waals surface area contributed by atoms with Crippen molar-refractivity contribution in [3.05, 3.63) is 39.8 Å². The molecule has 16 heavy (non-hydrogen) atoms. The van der Waals surface area contributed by atoms with E-state index in [1.807, 2.05) is 0 Å². The highest BCUT2D eigenvalue weighted by Gasteiger charge is 2.13. The minimum Gasteiger partial charge on any atom is -0.477 e. The average Bonchev–Trinajstić information content (AvgIpc) is 2.19. The molecule has 82 valence electrons. The van der Waals surface area contributed by atoms with Crippen molar-refractivity contribution < 1.29 is 14.3 Å². The summed E-state index contributed by atoms with van der Waals surface area (Å²) in [4.78, 5) is 14.5.